The van der Waals surface area contributed by atoms with Crippen molar-refractivity contribution in [3.05, 3.63) is 60.2 Å². The van der Waals surface area contributed by atoms with Crippen LogP contribution in [0.3, 0.4) is 0 Å². The zero-order valence-corrected chi connectivity index (χ0v) is 13.0. The van der Waals surface area contributed by atoms with Crippen LogP contribution in [0.15, 0.2) is 54.6 Å². The molecule has 0 saturated carbocycles. The highest BCUT2D eigenvalue weighted by Crippen LogP contribution is 2.38. The van der Waals surface area contributed by atoms with Crippen LogP contribution in [0.25, 0.3) is 21.5 Å². The molecule has 0 aliphatic carbocycles. The maximum absolute atomic E-state index is 6.78. The minimum absolute atomic E-state index is 0.387. The number of rotatable bonds is 4. The van der Waals surface area contributed by atoms with Crippen LogP contribution in [0.2, 0.25) is 0 Å². The Morgan fingerprint density at radius 3 is 1.95 bits per heavy atom. The van der Waals surface area contributed by atoms with Crippen LogP contribution >= 0.6 is 11.6 Å². The van der Waals surface area contributed by atoms with E-state index in [1.54, 1.807) is 0 Å². The average molecular weight is 298 g/mol. The highest BCUT2D eigenvalue weighted by Gasteiger charge is 2.28. The van der Waals surface area contributed by atoms with Crippen molar-refractivity contribution in [2.45, 2.75) is 25.3 Å². The second-order valence-electron chi connectivity index (χ2n) is 5.64. The van der Waals surface area contributed by atoms with E-state index in [4.69, 9.17) is 17.3 Å². The number of nitrogens with two attached hydrogens (primary N) is 1. The van der Waals surface area contributed by atoms with E-state index >= 15 is 0 Å². The monoisotopic (exact) mass is 297 g/mol. The van der Waals surface area contributed by atoms with Gasteiger partial charge >= 0.3 is 0 Å². The maximum Gasteiger partial charge on any atom is 0.0430 e. The molecular formula is C19H20ClN. The number of hydrogen-bond donors (Lipinski definition) is 1. The van der Waals surface area contributed by atoms with Crippen molar-refractivity contribution in [1.29, 1.82) is 0 Å². The van der Waals surface area contributed by atoms with Gasteiger partial charge in [0.05, 0.1) is 0 Å². The summed E-state index contributed by atoms with van der Waals surface area (Å²) in [6.45, 7) is 2.14. The lowest BCUT2D eigenvalue weighted by Gasteiger charge is -2.31. The summed E-state index contributed by atoms with van der Waals surface area (Å²) in [7, 11) is 0. The molecule has 3 rings (SSSR count). The molecule has 108 valence electrons. The molecule has 0 spiro atoms. The van der Waals surface area contributed by atoms with Gasteiger partial charge in [-0.25, -0.2) is 0 Å². The first-order valence-corrected chi connectivity index (χ1v) is 7.99. The molecular weight excluding hydrogens is 278 g/mol. The van der Waals surface area contributed by atoms with Gasteiger partial charge in [-0.3, -0.25) is 0 Å². The predicted octanol–water partition coefficient (Wildman–Crippen LogP) is 5.19. The number of benzene rings is 3. The summed E-state index contributed by atoms with van der Waals surface area (Å²) < 4.78 is 0. The van der Waals surface area contributed by atoms with Gasteiger partial charge < -0.3 is 5.73 Å². The zero-order chi connectivity index (χ0) is 14.9. The first-order chi connectivity index (χ1) is 10.2. The van der Waals surface area contributed by atoms with E-state index < -0.39 is 0 Å². The third-order valence-electron chi connectivity index (χ3n) is 4.44. The van der Waals surface area contributed by atoms with Gasteiger partial charge in [0.1, 0.15) is 0 Å². The largest absolute Gasteiger partial charge is 0.321 e. The maximum atomic E-state index is 6.78. The highest BCUT2D eigenvalue weighted by molar-refractivity contribution is 6.18. The Bertz CT molecular complexity index is 727. The van der Waals surface area contributed by atoms with E-state index in [0.29, 0.717) is 5.88 Å². The fourth-order valence-corrected chi connectivity index (χ4v) is 3.53. The van der Waals surface area contributed by atoms with Crippen LogP contribution in [0.1, 0.15) is 25.3 Å². The van der Waals surface area contributed by atoms with Gasteiger partial charge in [0.25, 0.3) is 0 Å². The van der Waals surface area contributed by atoms with E-state index in [0.717, 1.165) is 12.8 Å². The molecule has 0 radical (unpaired) electrons. The number of hydrogen-bond acceptors (Lipinski definition) is 1. The molecule has 3 aromatic carbocycles. The Labute approximate surface area is 130 Å². The third-order valence-corrected chi connectivity index (χ3v) is 4.63. The van der Waals surface area contributed by atoms with Crippen molar-refractivity contribution in [2.24, 2.45) is 5.73 Å². The van der Waals surface area contributed by atoms with E-state index in [1.807, 2.05) is 0 Å². The highest BCUT2D eigenvalue weighted by atomic mass is 35.5. The van der Waals surface area contributed by atoms with Crippen LogP contribution in [-0.2, 0) is 5.54 Å². The quantitative estimate of drug-likeness (QED) is 0.521. The second kappa shape index (κ2) is 5.67. The normalized spacial score (nSPS) is 14.4. The van der Waals surface area contributed by atoms with Crippen LogP contribution in [0.5, 0.6) is 0 Å². The van der Waals surface area contributed by atoms with Crippen molar-refractivity contribution in [1.82, 2.24) is 0 Å². The molecule has 21 heavy (non-hydrogen) atoms. The molecule has 0 aliphatic rings. The third kappa shape index (κ3) is 2.41. The molecule has 0 aromatic heterocycles. The fourth-order valence-electron chi connectivity index (χ4n) is 3.20. The molecule has 0 amide bonds. The lowest BCUT2D eigenvalue weighted by molar-refractivity contribution is 0.422. The average Bonchev–Trinajstić information content (AvgIpc) is 2.52. The van der Waals surface area contributed by atoms with E-state index in [-0.39, 0.29) is 5.54 Å². The summed E-state index contributed by atoms with van der Waals surface area (Å²) in [5, 5.41) is 4.96. The minimum atomic E-state index is -0.387. The fraction of sp³-hybridized carbons (Fsp3) is 0.263. The lowest BCUT2D eigenvalue weighted by atomic mass is 9.80. The Balaban J connectivity index is 2.45. The summed E-state index contributed by atoms with van der Waals surface area (Å²) >= 11 is 6.04. The molecule has 0 bridgehead atoms. The Hall–Kier alpha value is -1.57. The smallest absolute Gasteiger partial charge is 0.0430 e. The zero-order valence-electron chi connectivity index (χ0n) is 12.3. The van der Waals surface area contributed by atoms with Gasteiger partial charge in [-0.15, -0.1) is 11.6 Å². The van der Waals surface area contributed by atoms with Crippen LogP contribution in [0, 0.1) is 0 Å². The standard InChI is InChI=1S/C19H20ClN/c1-2-19(21,11-12-20)18-16-9-5-3-7-14(16)13-15-8-4-6-10-17(15)18/h3-10,13H,2,11-12,21H2,1H3. The van der Waals surface area contributed by atoms with Gasteiger partial charge in [0.2, 0.25) is 0 Å². The summed E-state index contributed by atoms with van der Waals surface area (Å²) in [5.74, 6) is 0.571. The van der Waals surface area contributed by atoms with Gasteiger partial charge in [-0.05, 0) is 46.0 Å². The molecule has 2 heteroatoms. The van der Waals surface area contributed by atoms with Gasteiger partial charge in [0.15, 0.2) is 0 Å². The molecule has 0 fully saturated rings. The lowest BCUT2D eigenvalue weighted by Crippen LogP contribution is -2.37. The van der Waals surface area contributed by atoms with Gasteiger partial charge in [0, 0.05) is 11.4 Å². The Morgan fingerprint density at radius 2 is 1.48 bits per heavy atom. The molecule has 0 saturated heterocycles. The van der Waals surface area contributed by atoms with Crippen molar-refractivity contribution in [2.75, 3.05) is 5.88 Å². The molecule has 0 aliphatic heterocycles. The molecule has 1 nitrogen and oxygen atoms in total. The Morgan fingerprint density at radius 1 is 0.952 bits per heavy atom. The van der Waals surface area contributed by atoms with E-state index in [2.05, 4.69) is 61.5 Å². The summed E-state index contributed by atoms with van der Waals surface area (Å²) in [4.78, 5) is 0. The van der Waals surface area contributed by atoms with Crippen molar-refractivity contribution in [3.8, 4) is 0 Å². The number of fused-ring (bicyclic) bond motifs is 2. The van der Waals surface area contributed by atoms with Crippen molar-refractivity contribution in [3.63, 3.8) is 0 Å². The summed E-state index contributed by atoms with van der Waals surface area (Å²) in [5.41, 5.74) is 7.63. The molecule has 0 heterocycles. The van der Waals surface area contributed by atoms with E-state index in [1.165, 1.54) is 27.1 Å². The molecule has 2 N–H and O–H groups in total. The van der Waals surface area contributed by atoms with E-state index in [9.17, 15) is 0 Å². The van der Waals surface area contributed by atoms with Crippen LogP contribution in [-0.4, -0.2) is 5.88 Å². The molecule has 1 unspecified atom stereocenters. The number of halogens is 1. The topological polar surface area (TPSA) is 26.0 Å². The SMILES string of the molecule is CCC(N)(CCCl)c1c2ccccc2cc2ccccc12. The second-order valence-corrected chi connectivity index (χ2v) is 6.02. The van der Waals surface area contributed by atoms with Crippen LogP contribution < -0.4 is 5.73 Å². The minimum Gasteiger partial charge on any atom is -0.321 e. The molecule has 1 atom stereocenters. The van der Waals surface area contributed by atoms with Crippen LogP contribution in [0.4, 0.5) is 0 Å². The van der Waals surface area contributed by atoms with Gasteiger partial charge in [-0.2, -0.15) is 0 Å². The first kappa shape index (κ1) is 14.4. The Kier molecular flexibility index (Phi) is 3.88. The van der Waals surface area contributed by atoms with Crippen molar-refractivity contribution < 1.29 is 0 Å². The summed E-state index contributed by atoms with van der Waals surface area (Å²) in [6, 6.07) is 19.2. The van der Waals surface area contributed by atoms with Crippen molar-refractivity contribution >= 4 is 33.1 Å². The number of alkyl halides is 1. The molecule has 3 aromatic rings. The first-order valence-electron chi connectivity index (χ1n) is 7.45. The predicted molar refractivity (Wildman–Crippen MR) is 92.9 cm³/mol. The van der Waals surface area contributed by atoms with Gasteiger partial charge in [-0.1, -0.05) is 55.5 Å². The summed E-state index contributed by atoms with van der Waals surface area (Å²) in [6.07, 6.45) is 1.65.